The van der Waals surface area contributed by atoms with E-state index in [1.54, 1.807) is 24.3 Å². The molecule has 2 heterocycles. The van der Waals surface area contributed by atoms with Crippen molar-refractivity contribution in [2.75, 3.05) is 5.73 Å². The summed E-state index contributed by atoms with van der Waals surface area (Å²) < 4.78 is 2.25. The second-order valence-corrected chi connectivity index (χ2v) is 6.55. The normalized spacial score (nSPS) is 10.8. The number of ketones is 1. The molecular weight excluding hydrogens is 366 g/mol. The number of hydrogen-bond donors (Lipinski definition) is 2. The molecule has 0 atom stereocenters. The molecule has 0 fully saturated rings. The maximum absolute atomic E-state index is 13.1. The summed E-state index contributed by atoms with van der Waals surface area (Å²) in [5.74, 6) is 0.00479. The lowest BCUT2D eigenvalue weighted by atomic mass is 10.00. The second-order valence-electron chi connectivity index (χ2n) is 6.55. The van der Waals surface area contributed by atoms with Gasteiger partial charge in [-0.25, -0.2) is 4.68 Å². The van der Waals surface area contributed by atoms with Crippen LogP contribution in [0.3, 0.4) is 0 Å². The zero-order valence-corrected chi connectivity index (χ0v) is 15.5. The highest BCUT2D eigenvalue weighted by atomic mass is 16.5. The average Bonchev–Trinajstić information content (AvgIpc) is 3.14. The Hall–Kier alpha value is -3.97. The molecule has 2 aromatic carbocycles. The van der Waals surface area contributed by atoms with Crippen LogP contribution in [0.15, 0.2) is 79.3 Å². The number of carbonyl (C=O) groups excluding carboxylic acids is 1. The lowest BCUT2D eigenvalue weighted by Crippen LogP contribution is -2.23. The predicted molar refractivity (Wildman–Crippen MR) is 110 cm³/mol. The number of nitrogens with two attached hydrogens (primary N) is 2. The van der Waals surface area contributed by atoms with Crippen molar-refractivity contribution >= 4 is 11.6 Å². The molecule has 0 aliphatic heterocycles. The first kappa shape index (κ1) is 18.4. The Kier molecular flexibility index (Phi) is 4.80. The quantitative estimate of drug-likeness (QED) is 0.311. The Morgan fingerprint density at radius 2 is 1.86 bits per heavy atom. The highest BCUT2D eigenvalue weighted by molar-refractivity contribution is 6.12. The van der Waals surface area contributed by atoms with Gasteiger partial charge in [-0.3, -0.25) is 4.79 Å². The van der Waals surface area contributed by atoms with Gasteiger partial charge in [-0.05, 0) is 29.3 Å². The molecule has 0 saturated heterocycles. The summed E-state index contributed by atoms with van der Waals surface area (Å²) in [7, 11) is 0. The van der Waals surface area contributed by atoms with Gasteiger partial charge in [0, 0.05) is 23.7 Å². The molecule has 0 radical (unpaired) electrons. The van der Waals surface area contributed by atoms with Crippen LogP contribution < -0.4 is 16.2 Å². The molecule has 0 saturated carbocycles. The average molecular weight is 385 g/mol. The van der Waals surface area contributed by atoms with Crippen molar-refractivity contribution in [1.29, 1.82) is 0 Å². The molecule has 0 unspecified atom stereocenters. The molecular formula is C22H19N5O2. The molecule has 0 aliphatic carbocycles. The molecule has 0 bridgehead atoms. The number of rotatable bonds is 5. The third-order valence-electron chi connectivity index (χ3n) is 4.72. The minimum absolute atomic E-state index is 0.244. The van der Waals surface area contributed by atoms with Crippen LogP contribution in [0, 0.1) is 5.21 Å². The third-order valence-corrected chi connectivity index (χ3v) is 4.72. The standard InChI is InChI=1S/C22H19N5O2/c23-12-17-5-1-2-9-20(17)27-22(24)19(13-25-27)21(28)16-7-3-6-15(11-16)18-8-4-10-26(29)14-18/h1-11,13-14H,12,23-24H2. The van der Waals surface area contributed by atoms with Crippen LogP contribution in [0.25, 0.3) is 16.8 Å². The molecule has 0 amide bonds. The number of hydrogen-bond acceptors (Lipinski definition) is 5. The summed E-state index contributed by atoms with van der Waals surface area (Å²) in [6, 6.07) is 18.0. The molecule has 0 aliphatic rings. The molecule has 144 valence electrons. The molecule has 29 heavy (non-hydrogen) atoms. The SMILES string of the molecule is NCc1ccccc1-n1ncc(C(=O)c2cccc(-c3ccc[n+]([O-])c3)c2)c1N. The lowest BCUT2D eigenvalue weighted by molar-refractivity contribution is -0.604. The van der Waals surface area contributed by atoms with Crippen LogP contribution in [0.5, 0.6) is 0 Å². The first-order chi connectivity index (χ1) is 14.1. The minimum Gasteiger partial charge on any atom is -0.619 e. The maximum atomic E-state index is 13.1. The van der Waals surface area contributed by atoms with Crippen LogP contribution in [-0.4, -0.2) is 15.6 Å². The largest absolute Gasteiger partial charge is 0.619 e. The number of aromatic nitrogens is 3. The van der Waals surface area contributed by atoms with Crippen molar-refractivity contribution in [3.05, 3.63) is 101 Å². The van der Waals surface area contributed by atoms with E-state index in [0.717, 1.165) is 27.1 Å². The molecule has 4 rings (SSSR count). The third kappa shape index (κ3) is 3.46. The van der Waals surface area contributed by atoms with E-state index in [-0.39, 0.29) is 11.6 Å². The van der Waals surface area contributed by atoms with Crippen molar-refractivity contribution in [2.45, 2.75) is 6.54 Å². The monoisotopic (exact) mass is 385 g/mol. The molecule has 4 aromatic rings. The Balaban J connectivity index is 1.71. The predicted octanol–water partition coefficient (Wildman–Crippen LogP) is 2.44. The molecule has 7 nitrogen and oxygen atoms in total. The van der Waals surface area contributed by atoms with Gasteiger partial charge < -0.3 is 16.7 Å². The number of anilines is 1. The molecule has 7 heteroatoms. The van der Waals surface area contributed by atoms with Crippen LogP contribution >= 0.6 is 0 Å². The van der Waals surface area contributed by atoms with Gasteiger partial charge >= 0.3 is 0 Å². The van der Waals surface area contributed by atoms with Gasteiger partial charge in [0.15, 0.2) is 18.2 Å². The van der Waals surface area contributed by atoms with Crippen molar-refractivity contribution < 1.29 is 9.52 Å². The van der Waals surface area contributed by atoms with E-state index in [0.29, 0.717) is 17.7 Å². The number of para-hydroxylation sites is 1. The van der Waals surface area contributed by atoms with Gasteiger partial charge in [0.1, 0.15) is 5.82 Å². The highest BCUT2D eigenvalue weighted by Gasteiger charge is 2.19. The molecule has 2 aromatic heterocycles. The Labute approximate surface area is 167 Å². The summed E-state index contributed by atoms with van der Waals surface area (Å²) in [6.45, 7) is 0.331. The van der Waals surface area contributed by atoms with Gasteiger partial charge in [-0.1, -0.05) is 36.4 Å². The number of benzene rings is 2. The van der Waals surface area contributed by atoms with E-state index < -0.39 is 0 Å². The van der Waals surface area contributed by atoms with Crippen LogP contribution in [0.2, 0.25) is 0 Å². The summed E-state index contributed by atoms with van der Waals surface area (Å²) in [4.78, 5) is 13.1. The summed E-state index contributed by atoms with van der Waals surface area (Å²) in [6.07, 6.45) is 4.33. The summed E-state index contributed by atoms with van der Waals surface area (Å²) >= 11 is 0. The van der Waals surface area contributed by atoms with Gasteiger partial charge in [0.2, 0.25) is 0 Å². The number of pyridine rings is 1. The van der Waals surface area contributed by atoms with Crippen molar-refractivity contribution in [2.24, 2.45) is 5.73 Å². The van der Waals surface area contributed by atoms with Gasteiger partial charge in [0.25, 0.3) is 0 Å². The molecule has 0 spiro atoms. The Morgan fingerprint density at radius 1 is 1.07 bits per heavy atom. The topological polar surface area (TPSA) is 114 Å². The van der Waals surface area contributed by atoms with E-state index >= 15 is 0 Å². The first-order valence-corrected chi connectivity index (χ1v) is 9.04. The van der Waals surface area contributed by atoms with Gasteiger partial charge in [0.05, 0.1) is 17.4 Å². The summed E-state index contributed by atoms with van der Waals surface area (Å²) in [5.41, 5.74) is 15.9. The smallest absolute Gasteiger partial charge is 0.198 e. The van der Waals surface area contributed by atoms with Crippen molar-refractivity contribution in [3.8, 4) is 16.8 Å². The van der Waals surface area contributed by atoms with Crippen LogP contribution in [0.4, 0.5) is 5.82 Å². The van der Waals surface area contributed by atoms with E-state index in [9.17, 15) is 10.0 Å². The Bertz CT molecular complexity index is 1200. The van der Waals surface area contributed by atoms with Crippen molar-refractivity contribution in [1.82, 2.24) is 9.78 Å². The van der Waals surface area contributed by atoms with Gasteiger partial charge in [-0.2, -0.15) is 9.83 Å². The van der Waals surface area contributed by atoms with E-state index in [1.165, 1.54) is 23.3 Å². The lowest BCUT2D eigenvalue weighted by Gasteiger charge is -2.10. The first-order valence-electron chi connectivity index (χ1n) is 9.04. The molecule has 4 N–H and O–H groups in total. The van der Waals surface area contributed by atoms with Crippen LogP contribution in [-0.2, 0) is 6.54 Å². The fraction of sp³-hybridized carbons (Fsp3) is 0.0455. The fourth-order valence-electron chi connectivity index (χ4n) is 3.24. The van der Waals surface area contributed by atoms with E-state index in [1.807, 2.05) is 36.4 Å². The van der Waals surface area contributed by atoms with Crippen LogP contribution in [0.1, 0.15) is 21.5 Å². The maximum Gasteiger partial charge on any atom is 0.198 e. The summed E-state index contributed by atoms with van der Waals surface area (Å²) in [5, 5.41) is 15.9. The highest BCUT2D eigenvalue weighted by Crippen LogP contribution is 2.25. The second kappa shape index (κ2) is 7.57. The number of carbonyl (C=O) groups is 1. The van der Waals surface area contributed by atoms with E-state index in [2.05, 4.69) is 5.10 Å². The zero-order chi connectivity index (χ0) is 20.4. The van der Waals surface area contributed by atoms with E-state index in [4.69, 9.17) is 11.5 Å². The van der Waals surface area contributed by atoms with Gasteiger partial charge in [-0.15, -0.1) is 0 Å². The number of nitrogens with zero attached hydrogens (tertiary/aromatic N) is 3. The Morgan fingerprint density at radius 3 is 2.66 bits per heavy atom. The zero-order valence-electron chi connectivity index (χ0n) is 15.5. The minimum atomic E-state index is -0.244. The van der Waals surface area contributed by atoms with Crippen molar-refractivity contribution in [3.63, 3.8) is 0 Å². The fourth-order valence-corrected chi connectivity index (χ4v) is 3.24. The number of nitrogen functional groups attached to an aromatic ring is 1.